The van der Waals surface area contributed by atoms with Crippen LogP contribution in [0.2, 0.25) is 0 Å². The first-order valence-electron chi connectivity index (χ1n) is 9.27. The summed E-state index contributed by atoms with van der Waals surface area (Å²) in [7, 11) is 0. The molecule has 0 radical (unpaired) electrons. The van der Waals surface area contributed by atoms with Gasteiger partial charge in [0.05, 0.1) is 0 Å². The number of anilines is 1. The smallest absolute Gasteiger partial charge is 0.270 e. The van der Waals surface area contributed by atoms with E-state index in [1.807, 2.05) is 18.2 Å². The summed E-state index contributed by atoms with van der Waals surface area (Å²) in [6, 6.07) is 13.6. The van der Waals surface area contributed by atoms with Crippen molar-refractivity contribution in [3.05, 3.63) is 82.3 Å². The number of carbonyl (C=O) groups excluding carboxylic acids is 2. The Morgan fingerprint density at radius 3 is 2.73 bits per heavy atom. The normalized spacial score (nSPS) is 15.5. The number of fused-ring (bicyclic) bond motifs is 1. The van der Waals surface area contributed by atoms with Crippen LogP contribution in [0, 0.1) is 5.82 Å². The van der Waals surface area contributed by atoms with E-state index in [1.54, 1.807) is 6.07 Å². The molecule has 2 amide bonds. The maximum Gasteiger partial charge on any atom is 0.270 e. The van der Waals surface area contributed by atoms with Gasteiger partial charge in [0.25, 0.3) is 5.91 Å². The Bertz CT molecular complexity index is 1110. The zero-order valence-corrected chi connectivity index (χ0v) is 17.3. The first-order valence-corrected chi connectivity index (χ1v) is 10.1. The van der Waals surface area contributed by atoms with Gasteiger partial charge in [-0.15, -0.1) is 0 Å². The van der Waals surface area contributed by atoms with Crippen molar-refractivity contribution in [1.29, 1.82) is 0 Å². The monoisotopic (exact) mass is 469 g/mol. The third kappa shape index (κ3) is 4.65. The largest absolute Gasteiger partial charge is 0.457 e. The summed E-state index contributed by atoms with van der Waals surface area (Å²) in [6.07, 6.45) is 2.56. The molecule has 4 rings (SSSR count). The van der Waals surface area contributed by atoms with Crippen LogP contribution in [0.1, 0.15) is 22.5 Å². The lowest BCUT2D eigenvalue weighted by atomic mass is 10.1. The first kappa shape index (κ1) is 20.0. The molecule has 1 aliphatic heterocycles. The molecule has 0 spiro atoms. The molecular weight excluding hydrogens is 453 g/mol. The third-order valence-corrected chi connectivity index (χ3v) is 5.16. The van der Waals surface area contributed by atoms with Gasteiger partial charge in [-0.05, 0) is 60.9 Å². The molecule has 0 saturated carbocycles. The van der Waals surface area contributed by atoms with Crippen molar-refractivity contribution in [1.82, 2.24) is 10.3 Å². The first-order chi connectivity index (χ1) is 14.5. The minimum Gasteiger partial charge on any atom is -0.457 e. The van der Waals surface area contributed by atoms with Gasteiger partial charge in [0.1, 0.15) is 29.1 Å². The molecule has 1 atom stereocenters. The average molecular weight is 470 g/mol. The molecule has 0 fully saturated rings. The van der Waals surface area contributed by atoms with E-state index in [-0.39, 0.29) is 17.4 Å². The Balaban J connectivity index is 1.45. The molecule has 152 valence electrons. The molecule has 2 heterocycles. The lowest BCUT2D eigenvalue weighted by Crippen LogP contribution is -2.43. The minimum absolute atomic E-state index is 0.118. The number of ether oxygens (including phenoxy) is 1. The van der Waals surface area contributed by atoms with E-state index in [1.165, 1.54) is 36.5 Å². The lowest BCUT2D eigenvalue weighted by Gasteiger charge is -2.15. The Kier molecular flexibility index (Phi) is 5.76. The van der Waals surface area contributed by atoms with Crippen molar-refractivity contribution >= 4 is 33.4 Å². The van der Waals surface area contributed by atoms with Gasteiger partial charge in [0, 0.05) is 22.4 Å². The zero-order valence-electron chi connectivity index (χ0n) is 15.7. The molecule has 0 saturated heterocycles. The lowest BCUT2D eigenvalue weighted by molar-refractivity contribution is -0.118. The van der Waals surface area contributed by atoms with Crippen molar-refractivity contribution in [2.24, 2.45) is 0 Å². The van der Waals surface area contributed by atoms with Gasteiger partial charge >= 0.3 is 0 Å². The topological polar surface area (TPSA) is 80.3 Å². The predicted molar refractivity (Wildman–Crippen MR) is 113 cm³/mol. The highest BCUT2D eigenvalue weighted by atomic mass is 79.9. The van der Waals surface area contributed by atoms with Crippen LogP contribution in [0.3, 0.4) is 0 Å². The molecule has 2 N–H and O–H groups in total. The summed E-state index contributed by atoms with van der Waals surface area (Å²) in [5.41, 5.74) is 1.86. The number of amides is 2. The van der Waals surface area contributed by atoms with Crippen LogP contribution in [0.15, 0.2) is 65.3 Å². The van der Waals surface area contributed by atoms with Crippen molar-refractivity contribution in [2.45, 2.75) is 18.9 Å². The van der Waals surface area contributed by atoms with E-state index < -0.39 is 11.9 Å². The molecule has 3 aromatic rings. The number of aromatic nitrogens is 1. The fraction of sp³-hybridized carbons (Fsp3) is 0.136. The number of hydrogen-bond acceptors (Lipinski definition) is 4. The number of benzene rings is 2. The maximum absolute atomic E-state index is 13.0. The molecule has 1 unspecified atom stereocenters. The van der Waals surface area contributed by atoms with Crippen LogP contribution in [0.25, 0.3) is 0 Å². The minimum atomic E-state index is -0.688. The highest BCUT2D eigenvalue weighted by Gasteiger charge is 2.26. The van der Waals surface area contributed by atoms with E-state index in [2.05, 4.69) is 31.5 Å². The van der Waals surface area contributed by atoms with Crippen LogP contribution < -0.4 is 15.4 Å². The summed E-state index contributed by atoms with van der Waals surface area (Å²) in [4.78, 5) is 29.3. The van der Waals surface area contributed by atoms with Crippen LogP contribution in [-0.4, -0.2) is 22.8 Å². The average Bonchev–Trinajstić information content (AvgIpc) is 2.88. The fourth-order valence-corrected chi connectivity index (χ4v) is 3.50. The Hall–Kier alpha value is -3.26. The molecule has 6 nitrogen and oxygen atoms in total. The third-order valence-electron chi connectivity index (χ3n) is 4.67. The highest BCUT2D eigenvalue weighted by molar-refractivity contribution is 9.10. The van der Waals surface area contributed by atoms with E-state index in [0.717, 1.165) is 15.7 Å². The second kappa shape index (κ2) is 8.62. The fourth-order valence-electron chi connectivity index (χ4n) is 3.14. The Morgan fingerprint density at radius 1 is 1.13 bits per heavy atom. The van der Waals surface area contributed by atoms with Gasteiger partial charge < -0.3 is 15.4 Å². The molecule has 2 aromatic carbocycles. The predicted octanol–water partition coefficient (Wildman–Crippen LogP) is 4.46. The summed E-state index contributed by atoms with van der Waals surface area (Å²) >= 11 is 3.40. The second-order valence-electron chi connectivity index (χ2n) is 6.79. The SMILES string of the molecule is O=C(NC1CCc2ccc(Br)cc2NC1=O)c1cc(Oc2ccc(F)cc2)ccn1. The Morgan fingerprint density at radius 2 is 1.93 bits per heavy atom. The number of pyridine rings is 1. The molecule has 8 heteroatoms. The van der Waals surface area contributed by atoms with Crippen LogP contribution in [0.4, 0.5) is 10.1 Å². The van der Waals surface area contributed by atoms with E-state index in [4.69, 9.17) is 4.74 Å². The van der Waals surface area contributed by atoms with Crippen LogP contribution in [-0.2, 0) is 11.2 Å². The van der Waals surface area contributed by atoms with Crippen molar-refractivity contribution in [3.8, 4) is 11.5 Å². The number of aryl methyl sites for hydroxylation is 1. The molecule has 1 aliphatic rings. The van der Waals surface area contributed by atoms with Crippen molar-refractivity contribution in [2.75, 3.05) is 5.32 Å². The molecular formula is C22H17BrFN3O3. The van der Waals surface area contributed by atoms with E-state index in [0.29, 0.717) is 24.3 Å². The van der Waals surface area contributed by atoms with Gasteiger partial charge in [0.15, 0.2) is 0 Å². The highest BCUT2D eigenvalue weighted by Crippen LogP contribution is 2.26. The summed E-state index contributed by atoms with van der Waals surface area (Å²) in [5.74, 6) is -0.315. The van der Waals surface area contributed by atoms with Gasteiger partial charge in [-0.3, -0.25) is 14.6 Å². The summed E-state index contributed by atoms with van der Waals surface area (Å²) in [6.45, 7) is 0. The number of nitrogens with zero attached hydrogens (tertiary/aromatic N) is 1. The van der Waals surface area contributed by atoms with E-state index >= 15 is 0 Å². The van der Waals surface area contributed by atoms with Crippen molar-refractivity contribution < 1.29 is 18.7 Å². The van der Waals surface area contributed by atoms with E-state index in [9.17, 15) is 14.0 Å². The van der Waals surface area contributed by atoms with Crippen LogP contribution >= 0.6 is 15.9 Å². The van der Waals surface area contributed by atoms with Crippen LogP contribution in [0.5, 0.6) is 11.5 Å². The van der Waals surface area contributed by atoms with Crippen molar-refractivity contribution in [3.63, 3.8) is 0 Å². The number of nitrogens with one attached hydrogen (secondary N) is 2. The standard InChI is InChI=1S/C22H17BrFN3O3/c23-14-3-1-13-2-8-18(21(28)27-19(13)11-14)26-22(29)20-12-17(9-10-25-20)30-16-6-4-15(24)5-7-16/h1,3-7,9-12,18H,2,8H2,(H,26,29)(H,27,28). The number of halogens is 2. The molecule has 0 bridgehead atoms. The molecule has 30 heavy (non-hydrogen) atoms. The number of rotatable bonds is 4. The quantitative estimate of drug-likeness (QED) is 0.590. The summed E-state index contributed by atoms with van der Waals surface area (Å²) in [5, 5.41) is 5.60. The zero-order chi connectivity index (χ0) is 21.1. The van der Waals surface area contributed by atoms with Gasteiger partial charge in [-0.25, -0.2) is 4.39 Å². The molecule has 0 aliphatic carbocycles. The summed E-state index contributed by atoms with van der Waals surface area (Å²) < 4.78 is 19.5. The maximum atomic E-state index is 13.0. The van der Waals surface area contributed by atoms with Gasteiger partial charge in [-0.2, -0.15) is 0 Å². The Labute approximate surface area is 180 Å². The molecule has 1 aromatic heterocycles. The van der Waals surface area contributed by atoms with Gasteiger partial charge in [0.2, 0.25) is 5.91 Å². The second-order valence-corrected chi connectivity index (χ2v) is 7.70. The van der Waals surface area contributed by atoms with Gasteiger partial charge in [-0.1, -0.05) is 22.0 Å². The number of hydrogen-bond donors (Lipinski definition) is 2. The number of carbonyl (C=O) groups is 2.